The molecule has 2 rings (SSSR count). The molecular formula is C19H28Cl3N3O2S. The van der Waals surface area contributed by atoms with Gasteiger partial charge in [0.25, 0.3) is 0 Å². The van der Waals surface area contributed by atoms with Crippen molar-refractivity contribution in [2.75, 3.05) is 6.54 Å². The van der Waals surface area contributed by atoms with Gasteiger partial charge in [-0.15, -0.1) is 36.2 Å². The highest BCUT2D eigenvalue weighted by molar-refractivity contribution is 7.09. The standard InChI is InChI=1S/C19H26ClN3O2S.2ClH/c1-13(2)9-19(3,12-21)23-17(24)8-15-11-26-18(22-15)10-25-16-6-4-14(20)5-7-16;;/h4-7,11,13H,8-10,12,21H2,1-3H3,(H,23,24);2*1H. The fourth-order valence-electron chi connectivity index (χ4n) is 2.80. The van der Waals surface area contributed by atoms with Crippen LogP contribution in [-0.4, -0.2) is 23.0 Å². The highest BCUT2D eigenvalue weighted by Gasteiger charge is 2.26. The summed E-state index contributed by atoms with van der Waals surface area (Å²) in [4.78, 5) is 16.8. The Bertz CT molecular complexity index is 725. The van der Waals surface area contributed by atoms with Gasteiger partial charge in [-0.05, 0) is 43.5 Å². The molecule has 0 radical (unpaired) electrons. The van der Waals surface area contributed by atoms with Gasteiger partial charge in [0.1, 0.15) is 17.4 Å². The van der Waals surface area contributed by atoms with E-state index in [9.17, 15) is 4.79 Å². The molecule has 0 aliphatic rings. The number of aromatic nitrogens is 1. The first-order valence-corrected chi connectivity index (χ1v) is 9.88. The second kappa shape index (κ2) is 12.5. The van der Waals surface area contributed by atoms with E-state index in [2.05, 4.69) is 24.1 Å². The van der Waals surface area contributed by atoms with Crippen molar-refractivity contribution >= 4 is 53.7 Å². The maximum absolute atomic E-state index is 12.3. The number of thiazole rings is 1. The first-order valence-electron chi connectivity index (χ1n) is 8.62. The van der Waals surface area contributed by atoms with Crippen LogP contribution in [-0.2, 0) is 17.8 Å². The molecule has 5 nitrogen and oxygen atoms in total. The Balaban J connectivity index is 0.00000364. The normalized spacial score (nSPS) is 12.5. The van der Waals surface area contributed by atoms with Gasteiger partial charge in [-0.25, -0.2) is 4.98 Å². The van der Waals surface area contributed by atoms with Gasteiger partial charge in [-0.3, -0.25) is 4.79 Å². The summed E-state index contributed by atoms with van der Waals surface area (Å²) in [6.45, 7) is 6.99. The molecule has 1 heterocycles. The van der Waals surface area contributed by atoms with Crippen LogP contribution < -0.4 is 15.8 Å². The van der Waals surface area contributed by atoms with Crippen LogP contribution in [0.1, 0.15) is 37.9 Å². The molecular weight excluding hydrogens is 441 g/mol. The van der Waals surface area contributed by atoms with Crippen molar-refractivity contribution in [2.24, 2.45) is 11.7 Å². The minimum absolute atomic E-state index is 0. The van der Waals surface area contributed by atoms with Gasteiger partial charge in [-0.2, -0.15) is 0 Å². The Hall–Kier alpha value is -1.05. The Morgan fingerprint density at radius 3 is 2.54 bits per heavy atom. The highest BCUT2D eigenvalue weighted by atomic mass is 35.5. The third-order valence-corrected chi connectivity index (χ3v) is 4.99. The topological polar surface area (TPSA) is 77.2 Å². The van der Waals surface area contributed by atoms with Gasteiger partial charge >= 0.3 is 0 Å². The zero-order valence-corrected chi connectivity index (χ0v) is 19.4. The SMILES string of the molecule is CC(C)CC(C)(CN)NC(=O)Cc1csc(COc2ccc(Cl)cc2)n1.Cl.Cl. The lowest BCUT2D eigenvalue weighted by molar-refractivity contribution is -0.122. The number of hydrogen-bond acceptors (Lipinski definition) is 5. The predicted octanol–water partition coefficient (Wildman–Crippen LogP) is 4.64. The van der Waals surface area contributed by atoms with Crippen LogP contribution in [0.4, 0.5) is 0 Å². The number of carbonyl (C=O) groups excluding carboxylic acids is 1. The molecule has 1 aromatic heterocycles. The van der Waals surface area contributed by atoms with E-state index in [0.717, 1.165) is 22.9 Å². The van der Waals surface area contributed by atoms with Gasteiger partial charge in [0.05, 0.1) is 12.1 Å². The summed E-state index contributed by atoms with van der Waals surface area (Å²) in [6.07, 6.45) is 1.08. The molecule has 0 aliphatic heterocycles. The van der Waals surface area contributed by atoms with E-state index in [1.165, 1.54) is 11.3 Å². The van der Waals surface area contributed by atoms with Crippen molar-refractivity contribution in [2.45, 2.75) is 45.8 Å². The number of ether oxygens (including phenoxy) is 1. The quantitative estimate of drug-likeness (QED) is 0.562. The van der Waals surface area contributed by atoms with Crippen molar-refractivity contribution in [3.05, 3.63) is 45.4 Å². The van der Waals surface area contributed by atoms with Crippen LogP contribution in [0.25, 0.3) is 0 Å². The Labute approximate surface area is 188 Å². The van der Waals surface area contributed by atoms with Crippen LogP contribution in [0.3, 0.4) is 0 Å². The number of benzene rings is 1. The summed E-state index contributed by atoms with van der Waals surface area (Å²) in [5.74, 6) is 1.13. The fraction of sp³-hybridized carbons (Fsp3) is 0.474. The van der Waals surface area contributed by atoms with Gasteiger partial charge in [-0.1, -0.05) is 25.4 Å². The highest BCUT2D eigenvalue weighted by Crippen LogP contribution is 2.19. The molecule has 0 aliphatic carbocycles. The molecule has 28 heavy (non-hydrogen) atoms. The lowest BCUT2D eigenvalue weighted by Crippen LogP contribution is -2.52. The van der Waals surface area contributed by atoms with Crippen molar-refractivity contribution in [1.82, 2.24) is 10.3 Å². The molecule has 1 aromatic carbocycles. The van der Waals surface area contributed by atoms with E-state index < -0.39 is 0 Å². The number of halogens is 3. The molecule has 1 atom stereocenters. The molecule has 3 N–H and O–H groups in total. The predicted molar refractivity (Wildman–Crippen MR) is 121 cm³/mol. The molecule has 158 valence electrons. The van der Waals surface area contributed by atoms with Gasteiger partial charge in [0.2, 0.25) is 5.91 Å². The van der Waals surface area contributed by atoms with E-state index in [-0.39, 0.29) is 42.7 Å². The van der Waals surface area contributed by atoms with Crippen molar-refractivity contribution in [1.29, 1.82) is 0 Å². The average molecular weight is 469 g/mol. The average Bonchev–Trinajstić information content (AvgIpc) is 3.00. The Kier molecular flexibility index (Phi) is 12.0. The van der Waals surface area contributed by atoms with Crippen LogP contribution >= 0.6 is 47.8 Å². The molecule has 1 amide bonds. The maximum Gasteiger partial charge on any atom is 0.226 e. The summed E-state index contributed by atoms with van der Waals surface area (Å²) in [6, 6.07) is 7.18. The van der Waals surface area contributed by atoms with Crippen LogP contribution in [0, 0.1) is 5.92 Å². The summed E-state index contributed by atoms with van der Waals surface area (Å²) in [5.41, 5.74) is 6.21. The first kappa shape index (κ1) is 27.0. The molecule has 1 unspecified atom stereocenters. The summed E-state index contributed by atoms with van der Waals surface area (Å²) in [7, 11) is 0. The number of rotatable bonds is 9. The summed E-state index contributed by atoms with van der Waals surface area (Å²) >= 11 is 7.33. The monoisotopic (exact) mass is 467 g/mol. The molecule has 0 saturated carbocycles. The van der Waals surface area contributed by atoms with Crippen molar-refractivity contribution in [3.63, 3.8) is 0 Å². The molecule has 0 spiro atoms. The smallest absolute Gasteiger partial charge is 0.226 e. The Morgan fingerprint density at radius 2 is 1.96 bits per heavy atom. The number of nitrogens with zero attached hydrogens (tertiary/aromatic N) is 1. The van der Waals surface area contributed by atoms with Crippen LogP contribution in [0.15, 0.2) is 29.6 Å². The molecule has 0 fully saturated rings. The van der Waals surface area contributed by atoms with E-state index in [1.54, 1.807) is 12.1 Å². The van der Waals surface area contributed by atoms with E-state index >= 15 is 0 Å². The van der Waals surface area contributed by atoms with E-state index in [0.29, 0.717) is 24.1 Å². The third-order valence-electron chi connectivity index (χ3n) is 3.87. The molecule has 2 aromatic rings. The number of carbonyl (C=O) groups is 1. The number of hydrogen-bond donors (Lipinski definition) is 2. The fourth-order valence-corrected chi connectivity index (χ4v) is 3.64. The van der Waals surface area contributed by atoms with Crippen molar-refractivity contribution in [3.8, 4) is 5.75 Å². The minimum atomic E-state index is -0.387. The van der Waals surface area contributed by atoms with Crippen LogP contribution in [0.5, 0.6) is 5.75 Å². The second-order valence-electron chi connectivity index (χ2n) is 7.06. The molecule has 9 heteroatoms. The first-order chi connectivity index (χ1) is 12.3. The molecule has 0 bridgehead atoms. The summed E-state index contributed by atoms with van der Waals surface area (Å²) in [5, 5.41) is 6.44. The zero-order chi connectivity index (χ0) is 19.2. The van der Waals surface area contributed by atoms with E-state index in [1.807, 2.05) is 24.4 Å². The van der Waals surface area contributed by atoms with Crippen molar-refractivity contribution < 1.29 is 9.53 Å². The van der Waals surface area contributed by atoms with Gasteiger partial charge in [0, 0.05) is 22.5 Å². The molecule has 0 saturated heterocycles. The lowest BCUT2D eigenvalue weighted by Gasteiger charge is -2.31. The number of nitrogens with one attached hydrogen (secondary N) is 1. The lowest BCUT2D eigenvalue weighted by atomic mass is 9.90. The number of amides is 1. The van der Waals surface area contributed by atoms with Gasteiger partial charge < -0.3 is 15.8 Å². The second-order valence-corrected chi connectivity index (χ2v) is 8.44. The van der Waals surface area contributed by atoms with E-state index in [4.69, 9.17) is 22.1 Å². The Morgan fingerprint density at radius 1 is 1.32 bits per heavy atom. The van der Waals surface area contributed by atoms with Gasteiger partial charge in [0.15, 0.2) is 0 Å². The largest absolute Gasteiger partial charge is 0.486 e. The van der Waals surface area contributed by atoms with Crippen LogP contribution in [0.2, 0.25) is 5.02 Å². The zero-order valence-electron chi connectivity index (χ0n) is 16.2. The number of nitrogens with two attached hydrogens (primary N) is 1. The maximum atomic E-state index is 12.3. The summed E-state index contributed by atoms with van der Waals surface area (Å²) < 4.78 is 5.68. The third kappa shape index (κ3) is 8.97. The minimum Gasteiger partial charge on any atom is -0.486 e.